The number of carbonyl (C=O) groups excluding carboxylic acids is 1. The first-order valence-corrected chi connectivity index (χ1v) is 6.36. The van der Waals surface area contributed by atoms with Gasteiger partial charge >= 0.3 is 5.97 Å². The van der Waals surface area contributed by atoms with Gasteiger partial charge in [0.15, 0.2) is 0 Å². The summed E-state index contributed by atoms with van der Waals surface area (Å²) in [5.41, 5.74) is 6.84. The lowest BCUT2D eigenvalue weighted by Crippen LogP contribution is -2.08. The number of nitrogen functional groups attached to an aromatic ring is 1. The molecular formula is C12H17NO3S. The smallest absolute Gasteiger partial charge is 0.340 e. The van der Waals surface area contributed by atoms with Gasteiger partial charge in [0.05, 0.1) is 24.5 Å². The lowest BCUT2D eigenvalue weighted by molar-refractivity contribution is 0.0527. The molecule has 0 fully saturated rings. The van der Waals surface area contributed by atoms with E-state index in [0.717, 1.165) is 10.6 Å². The standard InChI is InChI=1S/C12H17NO3S/c1-3-16-12(14)9-5-4-6-10(11(9)13)17-8-7-15-2/h4-6H,3,7-8,13H2,1-2H3. The summed E-state index contributed by atoms with van der Waals surface area (Å²) < 4.78 is 9.90. The van der Waals surface area contributed by atoms with Crippen LogP contribution < -0.4 is 5.73 Å². The van der Waals surface area contributed by atoms with Gasteiger partial charge in [0.25, 0.3) is 0 Å². The van der Waals surface area contributed by atoms with Gasteiger partial charge in [-0.2, -0.15) is 0 Å². The number of methoxy groups -OCH3 is 1. The topological polar surface area (TPSA) is 61.5 Å². The van der Waals surface area contributed by atoms with Gasteiger partial charge in [0.2, 0.25) is 0 Å². The van der Waals surface area contributed by atoms with Crippen LogP contribution in [0.3, 0.4) is 0 Å². The fourth-order valence-electron chi connectivity index (χ4n) is 1.29. The minimum Gasteiger partial charge on any atom is -0.462 e. The molecule has 0 aliphatic heterocycles. The maximum atomic E-state index is 11.6. The largest absolute Gasteiger partial charge is 0.462 e. The summed E-state index contributed by atoms with van der Waals surface area (Å²) in [5.74, 6) is 0.423. The lowest BCUT2D eigenvalue weighted by Gasteiger charge is -2.09. The van der Waals surface area contributed by atoms with Crippen molar-refractivity contribution in [3.05, 3.63) is 23.8 Å². The van der Waals surface area contributed by atoms with Crippen LogP contribution in [0.5, 0.6) is 0 Å². The number of nitrogens with two attached hydrogens (primary N) is 1. The molecule has 0 unspecified atom stereocenters. The van der Waals surface area contributed by atoms with Gasteiger partial charge in [0.1, 0.15) is 0 Å². The summed E-state index contributed by atoms with van der Waals surface area (Å²) in [6.07, 6.45) is 0. The van der Waals surface area contributed by atoms with Crippen LogP contribution in [0.4, 0.5) is 5.69 Å². The zero-order valence-electron chi connectivity index (χ0n) is 10.1. The van der Waals surface area contributed by atoms with Crippen LogP contribution in [0.2, 0.25) is 0 Å². The van der Waals surface area contributed by atoms with E-state index in [1.165, 1.54) is 0 Å². The summed E-state index contributed by atoms with van der Waals surface area (Å²) in [7, 11) is 1.65. The number of anilines is 1. The molecule has 0 aliphatic carbocycles. The molecule has 2 N–H and O–H groups in total. The molecule has 0 saturated carbocycles. The normalized spacial score (nSPS) is 10.2. The number of esters is 1. The van der Waals surface area contributed by atoms with Crippen LogP contribution in [-0.4, -0.2) is 32.0 Å². The fourth-order valence-corrected chi connectivity index (χ4v) is 2.20. The number of thioether (sulfide) groups is 1. The molecule has 17 heavy (non-hydrogen) atoms. The molecule has 1 rings (SSSR count). The molecule has 0 amide bonds. The number of carbonyl (C=O) groups is 1. The van der Waals surface area contributed by atoms with Crippen molar-refractivity contribution >= 4 is 23.4 Å². The SMILES string of the molecule is CCOC(=O)c1cccc(SCCOC)c1N. The zero-order chi connectivity index (χ0) is 12.7. The van der Waals surface area contributed by atoms with Crippen LogP contribution >= 0.6 is 11.8 Å². The van der Waals surface area contributed by atoms with E-state index in [9.17, 15) is 4.79 Å². The molecule has 0 aliphatic rings. The highest BCUT2D eigenvalue weighted by atomic mass is 32.2. The van der Waals surface area contributed by atoms with Gasteiger partial charge in [0, 0.05) is 17.8 Å². The van der Waals surface area contributed by atoms with Crippen LogP contribution in [0, 0.1) is 0 Å². The van der Waals surface area contributed by atoms with Gasteiger partial charge in [-0.1, -0.05) is 6.07 Å². The molecule has 0 aromatic heterocycles. The third kappa shape index (κ3) is 3.94. The maximum absolute atomic E-state index is 11.6. The third-order valence-electron chi connectivity index (χ3n) is 2.11. The zero-order valence-corrected chi connectivity index (χ0v) is 10.9. The average molecular weight is 255 g/mol. The molecular weight excluding hydrogens is 238 g/mol. The van der Waals surface area contributed by atoms with Crippen molar-refractivity contribution in [2.45, 2.75) is 11.8 Å². The van der Waals surface area contributed by atoms with Gasteiger partial charge < -0.3 is 15.2 Å². The van der Waals surface area contributed by atoms with E-state index in [1.807, 2.05) is 6.07 Å². The van der Waals surface area contributed by atoms with Gasteiger partial charge in [-0.25, -0.2) is 4.79 Å². The van der Waals surface area contributed by atoms with Crippen LogP contribution in [0.1, 0.15) is 17.3 Å². The van der Waals surface area contributed by atoms with Crippen molar-refractivity contribution in [3.8, 4) is 0 Å². The summed E-state index contributed by atoms with van der Waals surface area (Å²) in [6, 6.07) is 5.36. The quantitative estimate of drug-likeness (QED) is 0.365. The molecule has 0 atom stereocenters. The molecule has 0 saturated heterocycles. The first-order chi connectivity index (χ1) is 8.20. The summed E-state index contributed by atoms with van der Waals surface area (Å²) in [6.45, 7) is 2.76. The molecule has 0 radical (unpaired) electrons. The van der Waals surface area contributed by atoms with Crippen molar-refractivity contribution in [1.29, 1.82) is 0 Å². The van der Waals surface area contributed by atoms with Crippen molar-refractivity contribution in [3.63, 3.8) is 0 Å². The highest BCUT2D eigenvalue weighted by Crippen LogP contribution is 2.28. The Morgan fingerprint density at radius 1 is 1.47 bits per heavy atom. The van der Waals surface area contributed by atoms with Crippen molar-refractivity contribution in [1.82, 2.24) is 0 Å². The molecule has 0 spiro atoms. The van der Waals surface area contributed by atoms with Crippen LogP contribution in [0.25, 0.3) is 0 Å². The highest BCUT2D eigenvalue weighted by molar-refractivity contribution is 7.99. The Balaban J connectivity index is 2.79. The Morgan fingerprint density at radius 3 is 2.88 bits per heavy atom. The Kier molecular flexibility index (Phi) is 5.86. The molecule has 0 bridgehead atoms. The molecule has 0 heterocycles. The lowest BCUT2D eigenvalue weighted by atomic mass is 10.2. The monoisotopic (exact) mass is 255 g/mol. The van der Waals surface area contributed by atoms with Crippen LogP contribution in [-0.2, 0) is 9.47 Å². The Hall–Kier alpha value is -1.20. The second-order valence-electron chi connectivity index (χ2n) is 3.28. The second kappa shape index (κ2) is 7.19. The second-order valence-corrected chi connectivity index (χ2v) is 4.42. The Bertz CT molecular complexity index is 382. The van der Waals surface area contributed by atoms with Crippen molar-refractivity contribution < 1.29 is 14.3 Å². The molecule has 4 nitrogen and oxygen atoms in total. The summed E-state index contributed by atoms with van der Waals surface area (Å²) in [5, 5.41) is 0. The predicted molar refractivity (Wildman–Crippen MR) is 69.4 cm³/mol. The minimum absolute atomic E-state index is 0.347. The molecule has 1 aromatic carbocycles. The number of hydrogen-bond acceptors (Lipinski definition) is 5. The van der Waals surface area contributed by atoms with Crippen molar-refractivity contribution in [2.24, 2.45) is 0 Å². The Morgan fingerprint density at radius 2 is 2.24 bits per heavy atom. The average Bonchev–Trinajstić information content (AvgIpc) is 2.32. The molecule has 94 valence electrons. The summed E-state index contributed by atoms with van der Waals surface area (Å²) in [4.78, 5) is 12.5. The number of hydrogen-bond donors (Lipinski definition) is 1. The molecule has 1 aromatic rings. The fraction of sp³-hybridized carbons (Fsp3) is 0.417. The number of ether oxygens (including phenoxy) is 2. The Labute approximate surface area is 105 Å². The van der Waals surface area contributed by atoms with E-state index in [0.29, 0.717) is 24.5 Å². The van der Waals surface area contributed by atoms with E-state index in [2.05, 4.69) is 0 Å². The number of rotatable bonds is 6. The van der Waals surface area contributed by atoms with E-state index in [4.69, 9.17) is 15.2 Å². The van der Waals surface area contributed by atoms with E-state index in [-0.39, 0.29) is 5.97 Å². The predicted octanol–water partition coefficient (Wildman–Crippen LogP) is 2.18. The van der Waals surface area contributed by atoms with Crippen molar-refractivity contribution in [2.75, 3.05) is 31.8 Å². The highest BCUT2D eigenvalue weighted by Gasteiger charge is 2.13. The van der Waals surface area contributed by atoms with E-state index < -0.39 is 0 Å². The first-order valence-electron chi connectivity index (χ1n) is 5.38. The number of para-hydroxylation sites is 1. The number of benzene rings is 1. The van der Waals surface area contributed by atoms with E-state index >= 15 is 0 Å². The first kappa shape index (κ1) is 13.9. The van der Waals surface area contributed by atoms with Gasteiger partial charge in [-0.15, -0.1) is 11.8 Å². The van der Waals surface area contributed by atoms with Crippen LogP contribution in [0.15, 0.2) is 23.1 Å². The van der Waals surface area contributed by atoms with E-state index in [1.54, 1.807) is 37.9 Å². The third-order valence-corrected chi connectivity index (χ3v) is 3.14. The van der Waals surface area contributed by atoms with Gasteiger partial charge in [-0.05, 0) is 19.1 Å². The minimum atomic E-state index is -0.376. The summed E-state index contributed by atoms with van der Waals surface area (Å²) >= 11 is 1.56. The maximum Gasteiger partial charge on any atom is 0.340 e. The molecule has 5 heteroatoms. The van der Waals surface area contributed by atoms with Gasteiger partial charge in [-0.3, -0.25) is 0 Å².